The Morgan fingerprint density at radius 3 is 2.65 bits per heavy atom. The number of fused-ring (bicyclic) bond motifs is 1. The van der Waals surface area contributed by atoms with Crippen LogP contribution in [0.2, 0.25) is 0 Å². The van der Waals surface area contributed by atoms with E-state index in [2.05, 4.69) is 15.6 Å². The molecule has 2 aromatic carbocycles. The largest absolute Gasteiger partial charge is 0.361 e. The molecule has 0 radical (unpaired) electrons. The van der Waals surface area contributed by atoms with Crippen molar-refractivity contribution in [2.45, 2.75) is 5.92 Å². The standard InChI is InChI=1S/C18H18FN3O/c1-20-18(23)22-10-15(12-6-8-13(19)9-7-12)16-11-21-17-5-3-2-4-14(16)17/h2-9,11,15,21H,10H2,1H3,(H2,20,22,23)/t15-/m0/s1. The van der Waals surface area contributed by atoms with Crippen LogP contribution in [0.15, 0.2) is 54.7 Å². The lowest BCUT2D eigenvalue weighted by atomic mass is 9.91. The van der Waals surface area contributed by atoms with Gasteiger partial charge in [-0.2, -0.15) is 0 Å². The van der Waals surface area contributed by atoms with Crippen LogP contribution in [0.4, 0.5) is 9.18 Å². The Balaban J connectivity index is 2.00. The summed E-state index contributed by atoms with van der Waals surface area (Å²) in [6.07, 6.45) is 1.95. The molecule has 0 bridgehead atoms. The topological polar surface area (TPSA) is 56.9 Å². The van der Waals surface area contributed by atoms with E-state index in [9.17, 15) is 9.18 Å². The van der Waals surface area contributed by atoms with E-state index in [0.29, 0.717) is 6.54 Å². The van der Waals surface area contributed by atoms with E-state index >= 15 is 0 Å². The molecular weight excluding hydrogens is 293 g/mol. The molecule has 23 heavy (non-hydrogen) atoms. The summed E-state index contributed by atoms with van der Waals surface area (Å²) >= 11 is 0. The Labute approximate surface area is 133 Å². The summed E-state index contributed by atoms with van der Waals surface area (Å²) in [4.78, 5) is 14.8. The van der Waals surface area contributed by atoms with Crippen LogP contribution in [0.3, 0.4) is 0 Å². The minimum Gasteiger partial charge on any atom is -0.361 e. The number of amides is 2. The highest BCUT2D eigenvalue weighted by atomic mass is 19.1. The second kappa shape index (κ2) is 6.52. The van der Waals surface area contributed by atoms with Gasteiger partial charge in [-0.25, -0.2) is 9.18 Å². The number of H-pyrrole nitrogens is 1. The Bertz CT molecular complexity index is 811. The van der Waals surface area contributed by atoms with E-state index in [0.717, 1.165) is 22.0 Å². The molecule has 3 rings (SSSR count). The molecule has 3 aromatic rings. The molecule has 0 spiro atoms. The second-order valence-corrected chi connectivity index (χ2v) is 5.35. The monoisotopic (exact) mass is 311 g/mol. The number of hydrogen-bond donors (Lipinski definition) is 3. The van der Waals surface area contributed by atoms with Crippen molar-refractivity contribution in [3.8, 4) is 0 Å². The maximum absolute atomic E-state index is 13.2. The molecule has 0 unspecified atom stereocenters. The second-order valence-electron chi connectivity index (χ2n) is 5.35. The number of nitrogens with one attached hydrogen (secondary N) is 3. The van der Waals surface area contributed by atoms with Crippen LogP contribution in [0.1, 0.15) is 17.0 Å². The summed E-state index contributed by atoms with van der Waals surface area (Å²) in [5.74, 6) is -0.338. The third kappa shape index (κ3) is 3.18. The van der Waals surface area contributed by atoms with Crippen molar-refractivity contribution in [2.24, 2.45) is 0 Å². The van der Waals surface area contributed by atoms with Crippen molar-refractivity contribution < 1.29 is 9.18 Å². The van der Waals surface area contributed by atoms with Crippen LogP contribution < -0.4 is 10.6 Å². The van der Waals surface area contributed by atoms with Crippen LogP contribution in [0.5, 0.6) is 0 Å². The average molecular weight is 311 g/mol. The van der Waals surface area contributed by atoms with Gasteiger partial charge < -0.3 is 15.6 Å². The first-order valence-corrected chi connectivity index (χ1v) is 7.46. The molecule has 1 aromatic heterocycles. The zero-order valence-corrected chi connectivity index (χ0v) is 12.8. The van der Waals surface area contributed by atoms with Crippen molar-refractivity contribution in [1.82, 2.24) is 15.6 Å². The lowest BCUT2D eigenvalue weighted by molar-refractivity contribution is 0.242. The number of benzene rings is 2. The first-order chi connectivity index (χ1) is 11.2. The smallest absolute Gasteiger partial charge is 0.314 e. The average Bonchev–Trinajstić information content (AvgIpc) is 3.00. The molecule has 0 aliphatic rings. The molecule has 5 heteroatoms. The quantitative estimate of drug-likeness (QED) is 0.680. The fourth-order valence-electron chi connectivity index (χ4n) is 2.77. The van der Waals surface area contributed by atoms with Gasteiger partial charge in [0.1, 0.15) is 5.82 Å². The molecule has 0 aliphatic heterocycles. The van der Waals surface area contributed by atoms with Crippen LogP contribution in [0, 0.1) is 5.82 Å². The summed E-state index contributed by atoms with van der Waals surface area (Å²) in [5, 5.41) is 6.48. The van der Waals surface area contributed by atoms with Gasteiger partial charge in [-0.05, 0) is 29.3 Å². The lowest BCUT2D eigenvalue weighted by Crippen LogP contribution is -2.35. The maximum atomic E-state index is 13.2. The van der Waals surface area contributed by atoms with Crippen molar-refractivity contribution in [3.63, 3.8) is 0 Å². The Morgan fingerprint density at radius 2 is 1.91 bits per heavy atom. The summed E-state index contributed by atoms with van der Waals surface area (Å²) in [5.41, 5.74) is 3.06. The number of hydrogen-bond acceptors (Lipinski definition) is 1. The van der Waals surface area contributed by atoms with Crippen molar-refractivity contribution in [3.05, 3.63) is 71.7 Å². The van der Waals surface area contributed by atoms with Gasteiger partial charge >= 0.3 is 6.03 Å². The molecule has 3 N–H and O–H groups in total. The molecule has 0 fully saturated rings. The third-order valence-corrected chi connectivity index (χ3v) is 3.96. The Hall–Kier alpha value is -2.82. The molecular formula is C18H18FN3O. The number of aromatic nitrogens is 1. The van der Waals surface area contributed by atoms with Gasteiger partial charge in [0.05, 0.1) is 0 Å². The van der Waals surface area contributed by atoms with Gasteiger partial charge in [-0.1, -0.05) is 30.3 Å². The van der Waals surface area contributed by atoms with Gasteiger partial charge in [0, 0.05) is 36.6 Å². The Kier molecular flexibility index (Phi) is 4.28. The van der Waals surface area contributed by atoms with Gasteiger partial charge in [0.15, 0.2) is 0 Å². The van der Waals surface area contributed by atoms with Gasteiger partial charge in [0.25, 0.3) is 0 Å². The molecule has 0 saturated carbocycles. The first-order valence-electron chi connectivity index (χ1n) is 7.46. The van der Waals surface area contributed by atoms with E-state index in [1.165, 1.54) is 12.1 Å². The van der Waals surface area contributed by atoms with E-state index in [1.54, 1.807) is 19.2 Å². The first kappa shape index (κ1) is 15.1. The van der Waals surface area contributed by atoms with E-state index in [1.807, 2.05) is 30.5 Å². The fraction of sp³-hybridized carbons (Fsp3) is 0.167. The van der Waals surface area contributed by atoms with Crippen molar-refractivity contribution >= 4 is 16.9 Å². The number of urea groups is 1. The highest BCUT2D eigenvalue weighted by molar-refractivity contribution is 5.84. The SMILES string of the molecule is CNC(=O)NC[C@@H](c1ccc(F)cc1)c1c[nH]c2ccccc12. The van der Waals surface area contributed by atoms with Crippen molar-refractivity contribution in [1.29, 1.82) is 0 Å². The summed E-state index contributed by atoms with van der Waals surface area (Å²) < 4.78 is 13.2. The number of carbonyl (C=O) groups excluding carboxylic acids is 1. The number of aromatic amines is 1. The summed E-state index contributed by atoms with van der Waals surface area (Å²) in [7, 11) is 1.58. The molecule has 0 saturated heterocycles. The number of para-hydroxylation sites is 1. The fourth-order valence-corrected chi connectivity index (χ4v) is 2.77. The van der Waals surface area contributed by atoms with Gasteiger partial charge in [0.2, 0.25) is 0 Å². The highest BCUT2D eigenvalue weighted by Gasteiger charge is 2.18. The molecule has 4 nitrogen and oxygen atoms in total. The van der Waals surface area contributed by atoms with Gasteiger partial charge in [-0.15, -0.1) is 0 Å². The predicted octanol–water partition coefficient (Wildman–Crippen LogP) is 3.37. The number of halogens is 1. The minimum absolute atomic E-state index is 0.0657. The normalized spacial score (nSPS) is 12.1. The molecule has 2 amide bonds. The minimum atomic E-state index is -0.273. The van der Waals surface area contributed by atoms with Crippen LogP contribution in [-0.2, 0) is 0 Å². The summed E-state index contributed by atoms with van der Waals surface area (Å²) in [6.45, 7) is 0.424. The molecule has 1 atom stereocenters. The highest BCUT2D eigenvalue weighted by Crippen LogP contribution is 2.30. The number of carbonyl (C=O) groups is 1. The van der Waals surface area contributed by atoms with Crippen molar-refractivity contribution in [2.75, 3.05) is 13.6 Å². The Morgan fingerprint density at radius 1 is 1.17 bits per heavy atom. The summed E-state index contributed by atoms with van der Waals surface area (Å²) in [6, 6.07) is 14.2. The molecule has 118 valence electrons. The zero-order chi connectivity index (χ0) is 16.2. The lowest BCUT2D eigenvalue weighted by Gasteiger charge is -2.18. The number of rotatable bonds is 4. The molecule has 0 aliphatic carbocycles. The zero-order valence-electron chi connectivity index (χ0n) is 12.8. The van der Waals surface area contributed by atoms with E-state index in [4.69, 9.17) is 0 Å². The van der Waals surface area contributed by atoms with E-state index in [-0.39, 0.29) is 17.8 Å². The maximum Gasteiger partial charge on any atom is 0.314 e. The molecule has 1 heterocycles. The third-order valence-electron chi connectivity index (χ3n) is 3.96. The van der Waals surface area contributed by atoms with Crippen LogP contribution in [-0.4, -0.2) is 24.6 Å². The predicted molar refractivity (Wildman–Crippen MR) is 89.0 cm³/mol. The van der Waals surface area contributed by atoms with E-state index < -0.39 is 0 Å². The van der Waals surface area contributed by atoms with Gasteiger partial charge in [-0.3, -0.25) is 0 Å². The van der Waals surface area contributed by atoms with Crippen LogP contribution in [0.25, 0.3) is 10.9 Å². The van der Waals surface area contributed by atoms with Crippen LogP contribution >= 0.6 is 0 Å².